The van der Waals surface area contributed by atoms with Crippen LogP contribution in [0.15, 0.2) is 10.5 Å². The van der Waals surface area contributed by atoms with Gasteiger partial charge in [-0.3, -0.25) is 0 Å². The summed E-state index contributed by atoms with van der Waals surface area (Å²) >= 11 is 3.28. The van der Waals surface area contributed by atoms with Gasteiger partial charge in [0, 0.05) is 5.56 Å². The largest absolute Gasteiger partial charge is 0.505 e. The lowest BCUT2D eigenvalue weighted by Crippen LogP contribution is -2.04. The number of halogens is 2. The van der Waals surface area contributed by atoms with Crippen LogP contribution in [0.4, 0.5) is 4.39 Å². The van der Waals surface area contributed by atoms with Gasteiger partial charge in [0.05, 0.1) is 4.47 Å². The maximum absolute atomic E-state index is 13.9. The minimum atomic E-state index is -0.479. The van der Waals surface area contributed by atoms with Crippen LogP contribution in [0.2, 0.25) is 0 Å². The highest BCUT2D eigenvalue weighted by Gasteiger charge is 2.42. The SMILES string of the molecule is CC1(c2cc(C3CC3)c(O)c(F)c2Br)CC1. The molecule has 0 atom stereocenters. The first-order valence-corrected chi connectivity index (χ1v) is 6.53. The van der Waals surface area contributed by atoms with Gasteiger partial charge in [-0.1, -0.05) is 6.92 Å². The molecule has 0 unspecified atom stereocenters. The molecule has 0 amide bonds. The Morgan fingerprint density at radius 1 is 1.44 bits per heavy atom. The normalized spacial score (nSPS) is 22.2. The fourth-order valence-corrected chi connectivity index (χ4v) is 3.02. The smallest absolute Gasteiger partial charge is 0.179 e. The number of rotatable bonds is 2. The molecule has 0 aliphatic heterocycles. The molecule has 0 aromatic heterocycles. The molecule has 0 spiro atoms. The van der Waals surface area contributed by atoms with E-state index in [9.17, 15) is 9.50 Å². The lowest BCUT2D eigenvalue weighted by molar-refractivity contribution is 0.422. The summed E-state index contributed by atoms with van der Waals surface area (Å²) in [6, 6.07) is 2.01. The minimum absolute atomic E-state index is 0.122. The summed E-state index contributed by atoms with van der Waals surface area (Å²) in [5, 5.41) is 9.79. The summed E-state index contributed by atoms with van der Waals surface area (Å²) in [6.07, 6.45) is 4.37. The zero-order valence-electron chi connectivity index (χ0n) is 9.19. The Morgan fingerprint density at radius 3 is 2.56 bits per heavy atom. The summed E-state index contributed by atoms with van der Waals surface area (Å²) in [5.41, 5.74) is 1.96. The molecule has 1 aromatic carbocycles. The van der Waals surface area contributed by atoms with Gasteiger partial charge in [-0.15, -0.1) is 0 Å². The quantitative estimate of drug-likeness (QED) is 0.862. The summed E-state index contributed by atoms with van der Waals surface area (Å²) in [7, 11) is 0. The van der Waals surface area contributed by atoms with Crippen LogP contribution in [0, 0.1) is 5.82 Å². The van der Waals surface area contributed by atoms with E-state index in [4.69, 9.17) is 0 Å². The van der Waals surface area contributed by atoms with Crippen LogP contribution >= 0.6 is 15.9 Å². The second-order valence-corrected chi connectivity index (χ2v) is 6.12. The van der Waals surface area contributed by atoms with Crippen molar-refractivity contribution in [3.63, 3.8) is 0 Å². The fourth-order valence-electron chi connectivity index (χ4n) is 2.24. The average Bonchev–Trinajstić information content (AvgIpc) is 3.11. The van der Waals surface area contributed by atoms with Crippen molar-refractivity contribution in [2.45, 2.75) is 43.9 Å². The van der Waals surface area contributed by atoms with E-state index in [0.717, 1.165) is 36.8 Å². The van der Waals surface area contributed by atoms with Crippen molar-refractivity contribution < 1.29 is 9.50 Å². The molecule has 0 bridgehead atoms. The Labute approximate surface area is 103 Å². The molecular weight excluding hydrogens is 271 g/mol. The second kappa shape index (κ2) is 3.22. The van der Waals surface area contributed by atoms with E-state index in [1.54, 1.807) is 0 Å². The number of hydrogen-bond donors (Lipinski definition) is 1. The van der Waals surface area contributed by atoms with Crippen molar-refractivity contribution in [1.29, 1.82) is 0 Å². The molecule has 86 valence electrons. The first-order chi connectivity index (χ1) is 7.53. The minimum Gasteiger partial charge on any atom is -0.505 e. The molecular formula is C13H14BrFO. The Balaban J connectivity index is 2.17. The van der Waals surface area contributed by atoms with Crippen molar-refractivity contribution >= 4 is 15.9 Å². The van der Waals surface area contributed by atoms with Gasteiger partial charge in [-0.2, -0.15) is 0 Å². The van der Waals surface area contributed by atoms with Crippen LogP contribution in [-0.2, 0) is 5.41 Å². The van der Waals surface area contributed by atoms with Crippen LogP contribution in [-0.4, -0.2) is 5.11 Å². The Morgan fingerprint density at radius 2 is 2.06 bits per heavy atom. The molecule has 1 N–H and O–H groups in total. The molecule has 3 heteroatoms. The topological polar surface area (TPSA) is 20.2 Å². The first-order valence-electron chi connectivity index (χ1n) is 5.74. The Bertz CT molecular complexity index is 461. The van der Waals surface area contributed by atoms with E-state index in [1.807, 2.05) is 6.07 Å². The van der Waals surface area contributed by atoms with E-state index in [2.05, 4.69) is 22.9 Å². The first kappa shape index (κ1) is 10.6. The number of benzene rings is 1. The van der Waals surface area contributed by atoms with Crippen molar-refractivity contribution in [3.8, 4) is 5.75 Å². The molecule has 0 radical (unpaired) electrons. The molecule has 2 aliphatic rings. The molecule has 0 saturated heterocycles. The maximum Gasteiger partial charge on any atom is 0.179 e. The molecule has 2 fully saturated rings. The lowest BCUT2D eigenvalue weighted by Gasteiger charge is -2.16. The van der Waals surface area contributed by atoms with Crippen LogP contribution < -0.4 is 0 Å². The van der Waals surface area contributed by atoms with Gasteiger partial charge >= 0.3 is 0 Å². The molecule has 2 saturated carbocycles. The molecule has 1 aromatic rings. The number of phenolic OH excluding ortho intramolecular Hbond substituents is 1. The van der Waals surface area contributed by atoms with Crippen molar-refractivity contribution in [2.75, 3.05) is 0 Å². The van der Waals surface area contributed by atoms with Crippen LogP contribution in [0.1, 0.15) is 49.7 Å². The molecule has 3 rings (SSSR count). The summed E-state index contributed by atoms with van der Waals surface area (Å²) in [5.74, 6) is -0.251. The van der Waals surface area contributed by atoms with Gasteiger partial charge in [0.1, 0.15) is 0 Å². The third kappa shape index (κ3) is 1.48. The van der Waals surface area contributed by atoms with E-state index in [1.165, 1.54) is 0 Å². The fraction of sp³-hybridized carbons (Fsp3) is 0.538. The van der Waals surface area contributed by atoms with Gasteiger partial charge in [-0.25, -0.2) is 4.39 Å². The summed E-state index contributed by atoms with van der Waals surface area (Å²) in [4.78, 5) is 0. The van der Waals surface area contributed by atoms with Gasteiger partial charge in [-0.05, 0) is 64.6 Å². The maximum atomic E-state index is 13.9. The third-order valence-corrected chi connectivity index (χ3v) is 4.65. The zero-order valence-corrected chi connectivity index (χ0v) is 10.8. The molecule has 0 heterocycles. The standard InChI is InChI=1S/C13H14BrFO/c1-13(4-5-13)9-6-8(7-2-3-7)12(16)11(15)10(9)14/h6-7,16H,2-5H2,1H3. The van der Waals surface area contributed by atoms with Gasteiger partial charge in [0.2, 0.25) is 0 Å². The average molecular weight is 285 g/mol. The number of aromatic hydroxyl groups is 1. The number of phenols is 1. The van der Waals surface area contributed by atoms with E-state index in [-0.39, 0.29) is 11.2 Å². The highest BCUT2D eigenvalue weighted by molar-refractivity contribution is 9.10. The van der Waals surface area contributed by atoms with E-state index in [0.29, 0.717) is 10.4 Å². The Hall–Kier alpha value is -0.570. The highest BCUT2D eigenvalue weighted by atomic mass is 79.9. The second-order valence-electron chi connectivity index (χ2n) is 5.32. The summed E-state index contributed by atoms with van der Waals surface area (Å²) in [6.45, 7) is 2.15. The molecule has 16 heavy (non-hydrogen) atoms. The third-order valence-electron chi connectivity index (χ3n) is 3.88. The monoisotopic (exact) mass is 284 g/mol. The van der Waals surface area contributed by atoms with E-state index >= 15 is 0 Å². The van der Waals surface area contributed by atoms with Crippen molar-refractivity contribution in [1.82, 2.24) is 0 Å². The van der Waals surface area contributed by atoms with Crippen molar-refractivity contribution in [2.24, 2.45) is 0 Å². The summed E-state index contributed by atoms with van der Waals surface area (Å²) < 4.78 is 14.4. The van der Waals surface area contributed by atoms with Gasteiger partial charge < -0.3 is 5.11 Å². The van der Waals surface area contributed by atoms with E-state index < -0.39 is 5.82 Å². The highest BCUT2D eigenvalue weighted by Crippen LogP contribution is 2.54. The van der Waals surface area contributed by atoms with Gasteiger partial charge in [0.15, 0.2) is 11.6 Å². The van der Waals surface area contributed by atoms with Crippen LogP contribution in [0.5, 0.6) is 5.75 Å². The van der Waals surface area contributed by atoms with Gasteiger partial charge in [0.25, 0.3) is 0 Å². The molecule has 1 nitrogen and oxygen atoms in total. The Kier molecular flexibility index (Phi) is 2.13. The predicted octanol–water partition coefficient (Wildman–Crippen LogP) is 4.22. The van der Waals surface area contributed by atoms with Crippen molar-refractivity contribution in [3.05, 3.63) is 27.5 Å². The predicted molar refractivity (Wildman–Crippen MR) is 64.3 cm³/mol. The molecule has 2 aliphatic carbocycles. The van der Waals surface area contributed by atoms with Crippen LogP contribution in [0.25, 0.3) is 0 Å². The number of hydrogen-bond acceptors (Lipinski definition) is 1. The van der Waals surface area contributed by atoms with Crippen LogP contribution in [0.3, 0.4) is 0 Å². The zero-order chi connectivity index (χ0) is 11.5. The lowest BCUT2D eigenvalue weighted by atomic mass is 9.94.